The lowest BCUT2D eigenvalue weighted by Gasteiger charge is -2.53. The molecule has 4 heterocycles. The predicted molar refractivity (Wildman–Crippen MR) is 279 cm³/mol. The van der Waals surface area contributed by atoms with Crippen LogP contribution in [-0.2, 0) is 16.2 Å². The maximum Gasteiger partial charge on any atom is 0.333 e. The minimum Gasteiger partial charge on any atom is -0.376 e. The highest BCUT2D eigenvalue weighted by Gasteiger charge is 2.62. The second-order valence-corrected chi connectivity index (χ2v) is 23.2. The van der Waals surface area contributed by atoms with Crippen molar-refractivity contribution in [1.29, 1.82) is 0 Å². The molecule has 1 aromatic heterocycles. The Kier molecular flexibility index (Phi) is 8.42. The standard InChI is InChI=1S/C60H59BN2S/c1-36-19-18-20-37(2)52(36)39-31-44-53-48(27-28-51-54(53)42-23-14-15-24-50(42)64-51)63(47-26-25-40(57(3,4)5)33-43(47)38-21-12-11-13-22-38)61-46-35-41(58(6,7)8)34-45-56(46)62(49(32-39)55(44)61)60(10)30-17-16-29-59(45,60)9/h11-15,18-28,31-35H,16-17,29-30H2,1-10H3. The summed E-state index contributed by atoms with van der Waals surface area (Å²) in [5.74, 6) is 0. The van der Waals surface area contributed by atoms with Gasteiger partial charge in [0, 0.05) is 59.5 Å². The summed E-state index contributed by atoms with van der Waals surface area (Å²) in [7, 11) is 0. The first kappa shape index (κ1) is 40.0. The zero-order valence-corrected chi connectivity index (χ0v) is 40.1. The monoisotopic (exact) mass is 850 g/mol. The van der Waals surface area contributed by atoms with E-state index in [1.807, 2.05) is 11.3 Å². The van der Waals surface area contributed by atoms with Crippen molar-refractivity contribution < 1.29 is 0 Å². The highest BCUT2D eigenvalue weighted by Crippen LogP contribution is 2.63. The molecule has 0 radical (unpaired) electrons. The van der Waals surface area contributed by atoms with Gasteiger partial charge >= 0.3 is 6.85 Å². The molecule has 0 amide bonds. The van der Waals surface area contributed by atoms with Crippen molar-refractivity contribution in [2.45, 2.75) is 117 Å². The molecule has 4 heteroatoms. The normalized spacial score (nSPS) is 19.8. The van der Waals surface area contributed by atoms with E-state index in [0.717, 1.165) is 0 Å². The van der Waals surface area contributed by atoms with E-state index in [0.29, 0.717) is 0 Å². The average molecular weight is 851 g/mol. The van der Waals surface area contributed by atoms with Gasteiger partial charge in [-0.3, -0.25) is 0 Å². The van der Waals surface area contributed by atoms with Crippen molar-refractivity contribution in [1.82, 2.24) is 0 Å². The minimum absolute atomic E-state index is 0.0103. The average Bonchev–Trinajstić information content (AvgIpc) is 3.75. The summed E-state index contributed by atoms with van der Waals surface area (Å²) in [6.07, 6.45) is 4.88. The first-order valence-electron chi connectivity index (χ1n) is 23.8. The maximum absolute atomic E-state index is 2.92. The van der Waals surface area contributed by atoms with E-state index in [9.17, 15) is 0 Å². The Hall–Kier alpha value is -5.58. The van der Waals surface area contributed by atoms with Crippen molar-refractivity contribution in [3.63, 3.8) is 0 Å². The molecule has 0 saturated heterocycles. The lowest BCUT2D eigenvalue weighted by atomic mass is 9.42. The fourth-order valence-electron chi connectivity index (χ4n) is 12.8. The predicted octanol–water partition coefficient (Wildman–Crippen LogP) is 15.6. The van der Waals surface area contributed by atoms with Crippen LogP contribution in [0.3, 0.4) is 0 Å². The van der Waals surface area contributed by atoms with E-state index in [-0.39, 0.29) is 28.6 Å². The zero-order chi connectivity index (χ0) is 44.2. The van der Waals surface area contributed by atoms with Crippen LogP contribution in [0.2, 0.25) is 0 Å². The van der Waals surface area contributed by atoms with E-state index < -0.39 is 0 Å². The molecule has 0 bridgehead atoms. The molecule has 318 valence electrons. The van der Waals surface area contributed by atoms with Gasteiger partial charge in [0.25, 0.3) is 0 Å². The second kappa shape index (κ2) is 13.5. The number of hydrogen-bond acceptors (Lipinski definition) is 3. The quantitative estimate of drug-likeness (QED) is 0.163. The number of hydrogen-bond donors (Lipinski definition) is 0. The first-order valence-corrected chi connectivity index (χ1v) is 24.6. The van der Waals surface area contributed by atoms with Crippen molar-refractivity contribution in [2.24, 2.45) is 0 Å². The van der Waals surface area contributed by atoms with E-state index in [1.54, 1.807) is 5.56 Å². The minimum atomic E-state index is -0.0905. The van der Waals surface area contributed by atoms with Crippen LogP contribution in [0.5, 0.6) is 0 Å². The number of rotatable bonds is 3. The van der Waals surface area contributed by atoms with Gasteiger partial charge < -0.3 is 9.71 Å². The van der Waals surface area contributed by atoms with Crippen LogP contribution in [0, 0.1) is 13.8 Å². The number of benzene rings is 7. The molecule has 1 aliphatic carbocycles. The molecule has 2 atom stereocenters. The first-order chi connectivity index (χ1) is 30.6. The SMILES string of the molecule is Cc1cccc(C)c1-c1cc2c3c(c1)N1c4c(cc(C(C)(C)C)cc4C4(C)CCCCC14C)B3N(c1ccc(C(C)(C)C)cc1-c1ccccc1)c1ccc3sc4ccccc4c3c1-2. The van der Waals surface area contributed by atoms with Crippen molar-refractivity contribution in [3.8, 4) is 33.4 Å². The van der Waals surface area contributed by atoms with Crippen LogP contribution in [0.1, 0.15) is 109 Å². The molecule has 2 unspecified atom stereocenters. The molecule has 0 spiro atoms. The van der Waals surface area contributed by atoms with Gasteiger partial charge in [0.1, 0.15) is 0 Å². The fourth-order valence-corrected chi connectivity index (χ4v) is 13.9. The van der Waals surface area contributed by atoms with Crippen molar-refractivity contribution in [3.05, 3.63) is 155 Å². The fraction of sp³-hybridized carbons (Fsp3) is 0.300. The van der Waals surface area contributed by atoms with Crippen LogP contribution in [-0.4, -0.2) is 12.4 Å². The van der Waals surface area contributed by atoms with Crippen molar-refractivity contribution >= 4 is 72.0 Å². The van der Waals surface area contributed by atoms with E-state index >= 15 is 0 Å². The van der Waals surface area contributed by atoms with Gasteiger partial charge in [0.2, 0.25) is 0 Å². The summed E-state index contributed by atoms with van der Waals surface area (Å²) in [6.45, 7) is 24.1. The third kappa shape index (κ3) is 5.38. The van der Waals surface area contributed by atoms with Crippen LogP contribution in [0.25, 0.3) is 53.6 Å². The summed E-state index contributed by atoms with van der Waals surface area (Å²) in [6, 6.07) is 50.0. The highest BCUT2D eigenvalue weighted by molar-refractivity contribution is 7.26. The Labute approximate surface area is 385 Å². The number of anilines is 4. The molecule has 7 aromatic carbocycles. The second-order valence-electron chi connectivity index (χ2n) is 22.1. The molecule has 2 nitrogen and oxygen atoms in total. The molecule has 3 aliphatic heterocycles. The van der Waals surface area contributed by atoms with Gasteiger partial charge in [-0.2, -0.15) is 0 Å². The molecule has 0 N–H and O–H groups in total. The topological polar surface area (TPSA) is 6.48 Å². The smallest absolute Gasteiger partial charge is 0.333 e. The third-order valence-electron chi connectivity index (χ3n) is 16.3. The van der Waals surface area contributed by atoms with Crippen LogP contribution in [0.15, 0.2) is 127 Å². The Balaban J connectivity index is 1.30. The summed E-state index contributed by atoms with van der Waals surface area (Å²) in [5, 5.41) is 2.72. The van der Waals surface area contributed by atoms with E-state index in [2.05, 4.69) is 206 Å². The summed E-state index contributed by atoms with van der Waals surface area (Å²) in [4.78, 5) is 5.73. The zero-order valence-electron chi connectivity index (χ0n) is 39.3. The number of aryl methyl sites for hydroxylation is 2. The van der Waals surface area contributed by atoms with Gasteiger partial charge in [-0.05, 0) is 148 Å². The lowest BCUT2D eigenvalue weighted by Crippen LogP contribution is -2.64. The van der Waals surface area contributed by atoms with Crippen molar-refractivity contribution in [2.75, 3.05) is 9.71 Å². The summed E-state index contributed by atoms with van der Waals surface area (Å²) in [5.41, 5.74) is 23.1. The number of nitrogens with zero attached hydrogens (tertiary/aromatic N) is 2. The molecular formula is C60H59BN2S. The molecule has 12 rings (SSSR count). The molecule has 1 saturated carbocycles. The number of fused-ring (bicyclic) bond motifs is 11. The molecular weight excluding hydrogens is 792 g/mol. The Bertz CT molecular complexity index is 3250. The van der Waals surface area contributed by atoms with Crippen LogP contribution in [0.4, 0.5) is 22.7 Å². The third-order valence-corrected chi connectivity index (χ3v) is 17.5. The number of thiophene rings is 1. The van der Waals surface area contributed by atoms with Gasteiger partial charge in [0.15, 0.2) is 0 Å². The Morgan fingerprint density at radius 2 is 1.28 bits per heavy atom. The van der Waals surface area contributed by atoms with Crippen LogP contribution >= 0.6 is 11.3 Å². The van der Waals surface area contributed by atoms with Crippen LogP contribution < -0.4 is 20.6 Å². The largest absolute Gasteiger partial charge is 0.376 e. The highest BCUT2D eigenvalue weighted by atomic mass is 32.1. The van der Waals surface area contributed by atoms with Gasteiger partial charge in [0.05, 0.1) is 5.54 Å². The van der Waals surface area contributed by atoms with E-state index in [4.69, 9.17) is 0 Å². The summed E-state index contributed by atoms with van der Waals surface area (Å²) >= 11 is 1.93. The Morgan fingerprint density at radius 3 is 2.03 bits per heavy atom. The Morgan fingerprint density at radius 1 is 0.578 bits per heavy atom. The van der Waals surface area contributed by atoms with E-state index in [1.165, 1.54) is 135 Å². The summed E-state index contributed by atoms with van der Waals surface area (Å²) < 4.78 is 2.69. The maximum atomic E-state index is 2.92. The molecule has 64 heavy (non-hydrogen) atoms. The molecule has 4 aliphatic rings. The molecule has 1 fully saturated rings. The molecule has 8 aromatic rings. The van der Waals surface area contributed by atoms with Gasteiger partial charge in [-0.15, -0.1) is 11.3 Å². The van der Waals surface area contributed by atoms with Gasteiger partial charge in [-0.1, -0.05) is 146 Å². The lowest BCUT2D eigenvalue weighted by molar-refractivity contribution is 0.195. The van der Waals surface area contributed by atoms with Gasteiger partial charge in [-0.25, -0.2) is 0 Å².